The number of methoxy groups -OCH3 is 1. The van der Waals surface area contributed by atoms with Crippen LogP contribution in [0.5, 0.6) is 5.75 Å². The van der Waals surface area contributed by atoms with Gasteiger partial charge in [0.2, 0.25) is 5.91 Å². The van der Waals surface area contributed by atoms with Crippen molar-refractivity contribution in [2.75, 3.05) is 12.9 Å². The van der Waals surface area contributed by atoms with Gasteiger partial charge in [-0.3, -0.25) is 4.79 Å². The highest BCUT2D eigenvalue weighted by Gasteiger charge is 2.13. The lowest BCUT2D eigenvalue weighted by Gasteiger charge is -2.15. The molecule has 2 aromatic carbocycles. The molecule has 0 bridgehead atoms. The Morgan fingerprint density at radius 3 is 2.70 bits per heavy atom. The van der Waals surface area contributed by atoms with E-state index in [1.54, 1.807) is 12.1 Å². The van der Waals surface area contributed by atoms with Gasteiger partial charge in [-0.1, -0.05) is 24.3 Å². The molecule has 1 N–H and O–H groups in total. The predicted octanol–water partition coefficient (Wildman–Crippen LogP) is 4.11. The predicted molar refractivity (Wildman–Crippen MR) is 91.4 cm³/mol. The summed E-state index contributed by atoms with van der Waals surface area (Å²) < 4.78 is 18.6. The Balaban J connectivity index is 1.92. The number of halogens is 1. The number of carbonyl (C=O) groups excluding carboxylic acids is 1. The Bertz CT molecular complexity index is 690. The molecule has 1 atom stereocenters. The van der Waals surface area contributed by atoms with E-state index >= 15 is 0 Å². The number of nitrogens with one attached hydrogen (secondary N) is 1. The summed E-state index contributed by atoms with van der Waals surface area (Å²) in [6.07, 6.45) is 0. The molecule has 5 heteroatoms. The maximum absolute atomic E-state index is 13.7. The normalized spacial score (nSPS) is 11.8. The molecular formula is C18H20FNO2S. The van der Waals surface area contributed by atoms with Gasteiger partial charge in [-0.2, -0.15) is 0 Å². The molecule has 122 valence electrons. The van der Waals surface area contributed by atoms with Gasteiger partial charge in [0.1, 0.15) is 0 Å². The highest BCUT2D eigenvalue weighted by atomic mass is 32.2. The Morgan fingerprint density at radius 1 is 1.30 bits per heavy atom. The van der Waals surface area contributed by atoms with Gasteiger partial charge in [-0.05, 0) is 43.2 Å². The molecule has 3 nitrogen and oxygen atoms in total. The van der Waals surface area contributed by atoms with Crippen LogP contribution >= 0.6 is 11.8 Å². The fraction of sp³-hybridized carbons (Fsp3) is 0.278. The molecular weight excluding hydrogens is 313 g/mol. The zero-order chi connectivity index (χ0) is 16.8. The smallest absolute Gasteiger partial charge is 0.230 e. The van der Waals surface area contributed by atoms with Crippen molar-refractivity contribution in [3.05, 3.63) is 59.4 Å². The van der Waals surface area contributed by atoms with Gasteiger partial charge in [-0.15, -0.1) is 11.8 Å². The fourth-order valence-electron chi connectivity index (χ4n) is 2.18. The van der Waals surface area contributed by atoms with Crippen molar-refractivity contribution >= 4 is 17.7 Å². The van der Waals surface area contributed by atoms with Gasteiger partial charge < -0.3 is 10.1 Å². The lowest BCUT2D eigenvalue weighted by molar-refractivity contribution is -0.119. The molecule has 0 unspecified atom stereocenters. The van der Waals surface area contributed by atoms with E-state index in [1.165, 1.54) is 24.9 Å². The largest absolute Gasteiger partial charge is 0.494 e. The Hall–Kier alpha value is -2.01. The highest BCUT2D eigenvalue weighted by molar-refractivity contribution is 8.00. The lowest BCUT2D eigenvalue weighted by Crippen LogP contribution is -2.28. The molecule has 1 amide bonds. The zero-order valence-corrected chi connectivity index (χ0v) is 14.2. The van der Waals surface area contributed by atoms with Crippen molar-refractivity contribution in [3.63, 3.8) is 0 Å². The molecule has 0 aliphatic rings. The van der Waals surface area contributed by atoms with Crippen molar-refractivity contribution in [3.8, 4) is 5.75 Å². The molecule has 0 heterocycles. The van der Waals surface area contributed by atoms with E-state index < -0.39 is 5.82 Å². The minimum Gasteiger partial charge on any atom is -0.494 e. The Morgan fingerprint density at radius 2 is 2.04 bits per heavy atom. The number of rotatable bonds is 6. The third-order valence-electron chi connectivity index (χ3n) is 3.51. The van der Waals surface area contributed by atoms with Gasteiger partial charge in [0.15, 0.2) is 11.6 Å². The molecule has 0 aromatic heterocycles. The van der Waals surface area contributed by atoms with E-state index in [9.17, 15) is 9.18 Å². The van der Waals surface area contributed by atoms with Gasteiger partial charge in [0.05, 0.1) is 18.9 Å². The summed E-state index contributed by atoms with van der Waals surface area (Å²) in [7, 11) is 1.42. The van der Waals surface area contributed by atoms with Gasteiger partial charge in [-0.25, -0.2) is 4.39 Å². The molecule has 0 radical (unpaired) electrons. The number of carbonyl (C=O) groups is 1. The van der Waals surface area contributed by atoms with Crippen LogP contribution in [-0.4, -0.2) is 18.8 Å². The van der Waals surface area contributed by atoms with Crippen molar-refractivity contribution < 1.29 is 13.9 Å². The number of amides is 1. The number of aryl methyl sites for hydroxylation is 1. The molecule has 0 aliphatic carbocycles. The highest BCUT2D eigenvalue weighted by Crippen LogP contribution is 2.23. The van der Waals surface area contributed by atoms with Crippen LogP contribution in [-0.2, 0) is 4.79 Å². The maximum atomic E-state index is 13.7. The molecule has 2 rings (SSSR count). The van der Waals surface area contributed by atoms with E-state index in [2.05, 4.69) is 5.32 Å². The third kappa shape index (κ3) is 4.73. The van der Waals surface area contributed by atoms with Crippen LogP contribution in [0.25, 0.3) is 0 Å². The first-order valence-corrected chi connectivity index (χ1v) is 8.31. The minimum absolute atomic E-state index is 0.0815. The summed E-state index contributed by atoms with van der Waals surface area (Å²) >= 11 is 1.50. The van der Waals surface area contributed by atoms with Crippen LogP contribution in [0, 0.1) is 12.7 Å². The average molecular weight is 333 g/mol. The van der Waals surface area contributed by atoms with Crippen molar-refractivity contribution in [1.82, 2.24) is 5.32 Å². The molecule has 0 aliphatic heterocycles. The average Bonchev–Trinajstić information content (AvgIpc) is 2.54. The van der Waals surface area contributed by atoms with Gasteiger partial charge >= 0.3 is 0 Å². The van der Waals surface area contributed by atoms with Crippen LogP contribution in [0.15, 0.2) is 47.4 Å². The summed E-state index contributed by atoms with van der Waals surface area (Å²) in [6.45, 7) is 3.85. The summed E-state index contributed by atoms with van der Waals surface area (Å²) in [6, 6.07) is 12.4. The van der Waals surface area contributed by atoms with Gasteiger partial charge in [0, 0.05) is 4.90 Å². The number of thioether (sulfide) groups is 1. The standard InChI is InChI=1S/C18H20FNO2S/c1-12-6-4-5-7-17(12)23-11-18(21)20-13(2)14-8-9-16(22-3)15(19)10-14/h4-10,13H,11H2,1-3H3,(H,20,21)/t13-/m0/s1. The molecule has 0 spiro atoms. The van der Waals surface area contributed by atoms with Crippen molar-refractivity contribution in [2.45, 2.75) is 24.8 Å². The first-order valence-electron chi connectivity index (χ1n) is 7.32. The molecule has 2 aromatic rings. The second kappa shape index (κ2) is 8.02. The van der Waals surface area contributed by atoms with Crippen LogP contribution in [0.1, 0.15) is 24.1 Å². The van der Waals surface area contributed by atoms with E-state index in [-0.39, 0.29) is 17.7 Å². The molecule has 0 saturated heterocycles. The number of ether oxygens (including phenoxy) is 1. The van der Waals surface area contributed by atoms with Crippen molar-refractivity contribution in [2.24, 2.45) is 0 Å². The topological polar surface area (TPSA) is 38.3 Å². The van der Waals surface area contributed by atoms with E-state index in [1.807, 2.05) is 38.1 Å². The van der Waals surface area contributed by atoms with E-state index in [0.717, 1.165) is 10.5 Å². The lowest BCUT2D eigenvalue weighted by atomic mass is 10.1. The quantitative estimate of drug-likeness (QED) is 0.809. The van der Waals surface area contributed by atoms with Gasteiger partial charge in [0.25, 0.3) is 0 Å². The van der Waals surface area contributed by atoms with Crippen LogP contribution in [0.3, 0.4) is 0 Å². The monoisotopic (exact) mass is 333 g/mol. The van der Waals surface area contributed by atoms with Crippen LogP contribution < -0.4 is 10.1 Å². The number of benzene rings is 2. The summed E-state index contributed by atoms with van der Waals surface area (Å²) in [5.41, 5.74) is 1.85. The van der Waals surface area contributed by atoms with E-state index in [0.29, 0.717) is 11.3 Å². The molecule has 23 heavy (non-hydrogen) atoms. The summed E-state index contributed by atoms with van der Waals surface area (Å²) in [5.74, 6) is 0.0122. The maximum Gasteiger partial charge on any atom is 0.230 e. The number of hydrogen-bond acceptors (Lipinski definition) is 3. The second-order valence-electron chi connectivity index (χ2n) is 5.24. The molecule has 0 saturated carbocycles. The fourth-order valence-corrected chi connectivity index (χ4v) is 3.02. The second-order valence-corrected chi connectivity index (χ2v) is 6.25. The third-order valence-corrected chi connectivity index (χ3v) is 4.68. The van der Waals surface area contributed by atoms with Crippen LogP contribution in [0.2, 0.25) is 0 Å². The SMILES string of the molecule is COc1ccc([C@H](C)NC(=O)CSc2ccccc2C)cc1F. The molecule has 0 fully saturated rings. The zero-order valence-electron chi connectivity index (χ0n) is 13.4. The van der Waals surface area contributed by atoms with Crippen molar-refractivity contribution in [1.29, 1.82) is 0 Å². The Kier molecular flexibility index (Phi) is 6.04. The summed E-state index contributed by atoms with van der Waals surface area (Å²) in [4.78, 5) is 13.2. The first-order chi connectivity index (χ1) is 11.0. The summed E-state index contributed by atoms with van der Waals surface area (Å²) in [5, 5.41) is 2.88. The Labute approximate surface area is 140 Å². The van der Waals surface area contributed by atoms with Crippen LogP contribution in [0.4, 0.5) is 4.39 Å². The minimum atomic E-state index is -0.430. The first kappa shape index (κ1) is 17.3. The van der Waals surface area contributed by atoms with E-state index in [4.69, 9.17) is 4.74 Å². The number of hydrogen-bond donors (Lipinski definition) is 1.